The van der Waals surface area contributed by atoms with Crippen molar-refractivity contribution in [2.75, 3.05) is 11.9 Å². The monoisotopic (exact) mass is 273 g/mol. The molecule has 3 rings (SSSR count). The molecule has 0 radical (unpaired) electrons. The van der Waals surface area contributed by atoms with Crippen LogP contribution in [0.3, 0.4) is 0 Å². The molecule has 0 fully saturated rings. The number of aromatic nitrogens is 4. The quantitative estimate of drug-likeness (QED) is 0.793. The molecule has 1 aromatic carbocycles. The van der Waals surface area contributed by atoms with Gasteiger partial charge >= 0.3 is 0 Å². The van der Waals surface area contributed by atoms with Crippen LogP contribution in [0.5, 0.6) is 0 Å². The van der Waals surface area contributed by atoms with E-state index in [4.69, 9.17) is 0 Å². The van der Waals surface area contributed by atoms with Gasteiger partial charge in [0.25, 0.3) is 0 Å². The van der Waals surface area contributed by atoms with Gasteiger partial charge in [-0.2, -0.15) is 0 Å². The molecule has 1 N–H and O–H groups in total. The van der Waals surface area contributed by atoms with Crippen molar-refractivity contribution in [3.8, 4) is 0 Å². The number of benzene rings is 1. The van der Waals surface area contributed by atoms with E-state index < -0.39 is 0 Å². The first kappa shape index (κ1) is 12.1. The summed E-state index contributed by atoms with van der Waals surface area (Å²) in [5.41, 5.74) is 2.30. The number of nitrogens with zero attached hydrogens (tertiary/aromatic N) is 4. The van der Waals surface area contributed by atoms with Gasteiger partial charge in [-0.1, -0.05) is 17.4 Å². The topological polar surface area (TPSA) is 55.6 Å². The number of fused-ring (bicyclic) bond motifs is 1. The Bertz CT molecular complexity index is 700. The van der Waals surface area contributed by atoms with Crippen molar-refractivity contribution in [1.29, 1.82) is 0 Å². The van der Waals surface area contributed by atoms with Gasteiger partial charge in [0, 0.05) is 20.0 Å². The first-order valence-corrected chi connectivity index (χ1v) is 6.98. The van der Waals surface area contributed by atoms with E-state index >= 15 is 0 Å². The summed E-state index contributed by atoms with van der Waals surface area (Å²) in [7, 11) is 1.95. The molecular weight excluding hydrogens is 258 g/mol. The van der Waals surface area contributed by atoms with Crippen LogP contribution in [0.25, 0.3) is 10.2 Å². The summed E-state index contributed by atoms with van der Waals surface area (Å²) < 4.78 is 3.15. The van der Waals surface area contributed by atoms with E-state index in [1.54, 1.807) is 17.7 Å². The van der Waals surface area contributed by atoms with Gasteiger partial charge < -0.3 is 9.88 Å². The van der Waals surface area contributed by atoms with Crippen LogP contribution in [-0.2, 0) is 13.5 Å². The van der Waals surface area contributed by atoms with Gasteiger partial charge in [0.05, 0.1) is 10.2 Å². The molecule has 2 heterocycles. The minimum atomic E-state index is 0.811. The maximum Gasteiger partial charge on any atom is 0.183 e. The van der Waals surface area contributed by atoms with Crippen LogP contribution < -0.4 is 5.32 Å². The van der Waals surface area contributed by atoms with Crippen molar-refractivity contribution < 1.29 is 0 Å². The Morgan fingerprint density at radius 2 is 2.26 bits per heavy atom. The largest absolute Gasteiger partial charge is 0.361 e. The van der Waals surface area contributed by atoms with Crippen LogP contribution in [0.1, 0.15) is 11.4 Å². The molecular formula is C13H15N5S. The van der Waals surface area contributed by atoms with Crippen LogP contribution in [0.15, 0.2) is 24.5 Å². The Labute approximate surface area is 115 Å². The van der Waals surface area contributed by atoms with Gasteiger partial charge in [0.1, 0.15) is 12.2 Å². The normalized spacial score (nSPS) is 11.1. The van der Waals surface area contributed by atoms with Gasteiger partial charge in [-0.25, -0.2) is 4.98 Å². The molecule has 0 amide bonds. The van der Waals surface area contributed by atoms with Crippen molar-refractivity contribution in [3.63, 3.8) is 0 Å². The summed E-state index contributed by atoms with van der Waals surface area (Å²) in [5.74, 6) is 0.976. The molecule has 0 unspecified atom stereocenters. The predicted octanol–water partition coefficient (Wildman–Crippen LogP) is 2.39. The molecule has 19 heavy (non-hydrogen) atoms. The molecule has 0 bridgehead atoms. The first-order chi connectivity index (χ1) is 9.22. The summed E-state index contributed by atoms with van der Waals surface area (Å²) >= 11 is 1.68. The Balaban J connectivity index is 1.67. The van der Waals surface area contributed by atoms with Crippen molar-refractivity contribution >= 4 is 26.7 Å². The minimum Gasteiger partial charge on any atom is -0.361 e. The second-order valence-electron chi connectivity index (χ2n) is 4.53. The van der Waals surface area contributed by atoms with Crippen LogP contribution in [0, 0.1) is 6.92 Å². The molecule has 3 aromatic rings. The molecule has 0 aliphatic heterocycles. The van der Waals surface area contributed by atoms with E-state index in [9.17, 15) is 0 Å². The van der Waals surface area contributed by atoms with Crippen LogP contribution in [0.2, 0.25) is 0 Å². The van der Waals surface area contributed by atoms with Gasteiger partial charge in [0.15, 0.2) is 5.13 Å². The molecule has 0 aliphatic carbocycles. The Morgan fingerprint density at radius 3 is 3.05 bits per heavy atom. The standard InChI is InChI=1S/C13H15N5S/c1-9-3-4-11-10(7-9)16-13(19-11)14-6-5-12-17-15-8-18(12)2/h3-4,7-8H,5-6H2,1-2H3,(H,14,16). The number of hydrogen-bond acceptors (Lipinski definition) is 5. The summed E-state index contributed by atoms with van der Waals surface area (Å²) in [6.07, 6.45) is 2.56. The van der Waals surface area contributed by atoms with Crippen molar-refractivity contribution in [1.82, 2.24) is 19.7 Å². The summed E-state index contributed by atoms with van der Waals surface area (Å²) in [4.78, 5) is 4.58. The van der Waals surface area contributed by atoms with Crippen molar-refractivity contribution in [3.05, 3.63) is 35.9 Å². The molecule has 0 aliphatic rings. The highest BCUT2D eigenvalue weighted by Gasteiger charge is 2.04. The minimum absolute atomic E-state index is 0.811. The van der Waals surface area contributed by atoms with E-state index in [1.807, 2.05) is 11.6 Å². The summed E-state index contributed by atoms with van der Waals surface area (Å²) in [6.45, 7) is 2.89. The van der Waals surface area contributed by atoms with Gasteiger partial charge in [-0.15, -0.1) is 10.2 Å². The third kappa shape index (κ3) is 2.58. The molecule has 5 nitrogen and oxygen atoms in total. The SMILES string of the molecule is Cc1ccc2sc(NCCc3nncn3C)nc2c1. The lowest BCUT2D eigenvalue weighted by atomic mass is 10.2. The van der Waals surface area contributed by atoms with E-state index in [0.717, 1.165) is 29.4 Å². The van der Waals surface area contributed by atoms with Gasteiger partial charge in [0.2, 0.25) is 0 Å². The number of thiazole rings is 1. The fraction of sp³-hybridized carbons (Fsp3) is 0.308. The maximum atomic E-state index is 4.58. The molecule has 0 saturated carbocycles. The average Bonchev–Trinajstić information content (AvgIpc) is 2.95. The van der Waals surface area contributed by atoms with Gasteiger partial charge in [-0.05, 0) is 24.6 Å². The summed E-state index contributed by atoms with van der Waals surface area (Å²) in [6, 6.07) is 6.35. The highest BCUT2D eigenvalue weighted by Crippen LogP contribution is 2.26. The zero-order valence-corrected chi connectivity index (χ0v) is 11.7. The number of rotatable bonds is 4. The maximum absolute atomic E-state index is 4.58. The number of anilines is 1. The first-order valence-electron chi connectivity index (χ1n) is 6.16. The summed E-state index contributed by atoms with van der Waals surface area (Å²) in [5, 5.41) is 12.2. The lowest BCUT2D eigenvalue weighted by Gasteiger charge is -2.01. The van der Waals surface area contributed by atoms with Crippen molar-refractivity contribution in [2.24, 2.45) is 7.05 Å². The average molecular weight is 273 g/mol. The predicted molar refractivity (Wildman–Crippen MR) is 77.6 cm³/mol. The number of hydrogen-bond donors (Lipinski definition) is 1. The highest BCUT2D eigenvalue weighted by atomic mass is 32.1. The Hall–Kier alpha value is -1.95. The smallest absolute Gasteiger partial charge is 0.183 e. The fourth-order valence-electron chi connectivity index (χ4n) is 1.93. The molecule has 0 saturated heterocycles. The Morgan fingerprint density at radius 1 is 1.37 bits per heavy atom. The lowest BCUT2D eigenvalue weighted by molar-refractivity contribution is 0.788. The fourth-order valence-corrected chi connectivity index (χ4v) is 2.80. The van der Waals surface area contributed by atoms with E-state index in [0.29, 0.717) is 0 Å². The second-order valence-corrected chi connectivity index (χ2v) is 5.56. The third-order valence-corrected chi connectivity index (χ3v) is 3.97. The van der Waals surface area contributed by atoms with Gasteiger partial charge in [-0.3, -0.25) is 0 Å². The zero-order valence-electron chi connectivity index (χ0n) is 10.9. The van der Waals surface area contributed by atoms with E-state index in [2.05, 4.69) is 45.6 Å². The van der Waals surface area contributed by atoms with Crippen LogP contribution >= 0.6 is 11.3 Å². The van der Waals surface area contributed by atoms with Crippen molar-refractivity contribution in [2.45, 2.75) is 13.3 Å². The van der Waals surface area contributed by atoms with Crippen LogP contribution in [0.4, 0.5) is 5.13 Å². The molecule has 0 atom stereocenters. The van der Waals surface area contributed by atoms with E-state index in [-0.39, 0.29) is 0 Å². The highest BCUT2D eigenvalue weighted by molar-refractivity contribution is 7.22. The lowest BCUT2D eigenvalue weighted by Crippen LogP contribution is -2.08. The second kappa shape index (κ2) is 4.97. The molecule has 98 valence electrons. The zero-order chi connectivity index (χ0) is 13.2. The van der Waals surface area contributed by atoms with E-state index in [1.165, 1.54) is 10.3 Å². The molecule has 2 aromatic heterocycles. The molecule has 6 heteroatoms. The molecule has 0 spiro atoms. The Kier molecular flexibility index (Phi) is 3.16. The number of aryl methyl sites for hydroxylation is 2. The third-order valence-electron chi connectivity index (χ3n) is 2.97. The van der Waals surface area contributed by atoms with Crippen LogP contribution in [-0.4, -0.2) is 26.3 Å². The number of nitrogens with one attached hydrogen (secondary N) is 1.